The number of anilines is 1. The Hall–Kier alpha value is -2.89. The van der Waals surface area contributed by atoms with Gasteiger partial charge in [0.1, 0.15) is 5.75 Å². The fraction of sp³-hybridized carbons (Fsp3) is 0.318. The van der Waals surface area contributed by atoms with Crippen molar-refractivity contribution in [3.05, 3.63) is 52.0 Å². The Labute approximate surface area is 201 Å². The van der Waals surface area contributed by atoms with Gasteiger partial charge in [-0.05, 0) is 30.3 Å². The third-order valence-corrected chi connectivity index (χ3v) is 6.70. The minimum atomic E-state index is -4.48. The van der Waals surface area contributed by atoms with Gasteiger partial charge in [-0.25, -0.2) is 4.98 Å². The second-order valence-electron chi connectivity index (χ2n) is 7.90. The summed E-state index contributed by atoms with van der Waals surface area (Å²) in [4.78, 5) is 32.3. The van der Waals surface area contributed by atoms with E-state index >= 15 is 0 Å². The maximum absolute atomic E-state index is 13.0. The summed E-state index contributed by atoms with van der Waals surface area (Å²) in [5.41, 5.74) is -0.107. The van der Waals surface area contributed by atoms with Crippen LogP contribution in [0.3, 0.4) is 0 Å². The molecule has 0 saturated carbocycles. The predicted molar refractivity (Wildman–Crippen MR) is 123 cm³/mol. The fourth-order valence-corrected chi connectivity index (χ4v) is 4.87. The van der Waals surface area contributed by atoms with Crippen molar-refractivity contribution in [2.75, 3.05) is 31.5 Å². The number of thiazole rings is 1. The lowest BCUT2D eigenvalue weighted by Gasteiger charge is -2.34. The molecule has 1 aromatic heterocycles. The average Bonchev–Trinajstić information content (AvgIpc) is 3.17. The highest BCUT2D eigenvalue weighted by molar-refractivity contribution is 7.22. The predicted octanol–water partition coefficient (Wildman–Crippen LogP) is 4.59. The molecule has 1 fully saturated rings. The molecule has 180 valence electrons. The zero-order chi connectivity index (χ0) is 24.6. The van der Waals surface area contributed by atoms with Crippen molar-refractivity contribution in [1.29, 1.82) is 0 Å². The van der Waals surface area contributed by atoms with Gasteiger partial charge in [0.2, 0.25) is 5.91 Å². The Morgan fingerprint density at radius 3 is 2.53 bits per heavy atom. The van der Waals surface area contributed by atoms with E-state index in [4.69, 9.17) is 11.6 Å². The van der Waals surface area contributed by atoms with Crippen LogP contribution in [-0.4, -0.2) is 57.9 Å². The van der Waals surface area contributed by atoms with Gasteiger partial charge >= 0.3 is 6.18 Å². The zero-order valence-electron chi connectivity index (χ0n) is 17.9. The van der Waals surface area contributed by atoms with E-state index in [1.54, 1.807) is 11.0 Å². The van der Waals surface area contributed by atoms with Gasteiger partial charge in [0.25, 0.3) is 5.91 Å². The summed E-state index contributed by atoms with van der Waals surface area (Å²) in [6, 6.07) is 6.04. The highest BCUT2D eigenvalue weighted by Gasteiger charge is 2.31. The summed E-state index contributed by atoms with van der Waals surface area (Å²) in [5.74, 6) is -0.914. The highest BCUT2D eigenvalue weighted by atomic mass is 35.5. The highest BCUT2D eigenvalue weighted by Crippen LogP contribution is 2.35. The molecule has 0 aliphatic carbocycles. The molecule has 0 spiro atoms. The number of aromatic hydroxyl groups is 1. The van der Waals surface area contributed by atoms with Crippen molar-refractivity contribution in [3.63, 3.8) is 0 Å². The van der Waals surface area contributed by atoms with Crippen LogP contribution in [0.2, 0.25) is 5.02 Å². The van der Waals surface area contributed by atoms with Crippen LogP contribution in [0.1, 0.15) is 28.4 Å². The zero-order valence-corrected chi connectivity index (χ0v) is 19.5. The largest absolute Gasteiger partial charge is 0.507 e. The molecule has 0 bridgehead atoms. The molecule has 12 heteroatoms. The van der Waals surface area contributed by atoms with Crippen LogP contribution < -0.4 is 5.32 Å². The number of rotatable bonds is 4. The summed E-state index contributed by atoms with van der Waals surface area (Å²) >= 11 is 7.09. The number of carbonyl (C=O) groups is 2. The number of nitrogens with zero attached hydrogens (tertiary/aromatic N) is 3. The van der Waals surface area contributed by atoms with Crippen LogP contribution >= 0.6 is 22.9 Å². The number of phenolic OH excluding ortho intramolecular Hbond substituents is 1. The molecule has 34 heavy (non-hydrogen) atoms. The molecule has 2 N–H and O–H groups in total. The number of amides is 2. The van der Waals surface area contributed by atoms with Gasteiger partial charge in [0.05, 0.1) is 21.3 Å². The Kier molecular flexibility index (Phi) is 6.70. The Morgan fingerprint density at radius 1 is 1.18 bits per heavy atom. The van der Waals surface area contributed by atoms with Gasteiger partial charge < -0.3 is 10.0 Å². The molecule has 2 aromatic carbocycles. The summed E-state index contributed by atoms with van der Waals surface area (Å²) in [6.07, 6.45) is -4.48. The van der Waals surface area contributed by atoms with Crippen molar-refractivity contribution >= 4 is 50.1 Å². The lowest BCUT2D eigenvalue weighted by atomic mass is 10.1. The van der Waals surface area contributed by atoms with E-state index < -0.39 is 17.6 Å². The number of benzene rings is 2. The van der Waals surface area contributed by atoms with Gasteiger partial charge in [0.15, 0.2) is 5.13 Å². The number of halogens is 4. The molecule has 0 unspecified atom stereocenters. The molecular weight excluding hydrogens is 493 g/mol. The summed E-state index contributed by atoms with van der Waals surface area (Å²) in [6.45, 7) is 4.20. The lowest BCUT2D eigenvalue weighted by molar-refractivity contribution is -0.137. The van der Waals surface area contributed by atoms with E-state index in [0.29, 0.717) is 43.8 Å². The number of aromatic nitrogens is 1. The maximum atomic E-state index is 13.0. The number of carbonyl (C=O) groups excluding carboxylic acids is 2. The number of phenols is 1. The average molecular weight is 513 g/mol. The molecular formula is C22H20ClF3N4O3S. The number of nitrogens with one attached hydrogen (secondary N) is 1. The minimum Gasteiger partial charge on any atom is -0.507 e. The Balaban J connectivity index is 1.51. The second-order valence-corrected chi connectivity index (χ2v) is 9.36. The van der Waals surface area contributed by atoms with Crippen LogP contribution in [0.5, 0.6) is 5.75 Å². The second kappa shape index (κ2) is 9.40. The van der Waals surface area contributed by atoms with Crippen LogP contribution in [0, 0.1) is 0 Å². The molecule has 0 atom stereocenters. The van der Waals surface area contributed by atoms with Gasteiger partial charge in [0, 0.05) is 50.2 Å². The molecule has 2 amide bonds. The Morgan fingerprint density at radius 2 is 1.88 bits per heavy atom. The van der Waals surface area contributed by atoms with E-state index in [0.717, 1.165) is 23.5 Å². The maximum Gasteiger partial charge on any atom is 0.416 e. The summed E-state index contributed by atoms with van der Waals surface area (Å²) in [5, 5.41) is 13.6. The van der Waals surface area contributed by atoms with Gasteiger partial charge in [-0.1, -0.05) is 22.9 Å². The van der Waals surface area contributed by atoms with Crippen molar-refractivity contribution < 1.29 is 27.9 Å². The minimum absolute atomic E-state index is 0.00804. The number of hydrogen-bond donors (Lipinski definition) is 2. The number of hydrogen-bond acceptors (Lipinski definition) is 6. The molecule has 2 heterocycles. The van der Waals surface area contributed by atoms with Crippen molar-refractivity contribution in [2.24, 2.45) is 0 Å². The first-order chi connectivity index (χ1) is 16.0. The van der Waals surface area contributed by atoms with E-state index in [-0.39, 0.29) is 32.1 Å². The molecule has 0 radical (unpaired) electrons. The van der Waals surface area contributed by atoms with Gasteiger partial charge in [-0.15, -0.1) is 0 Å². The van der Waals surface area contributed by atoms with Crippen LogP contribution in [-0.2, 0) is 17.5 Å². The summed E-state index contributed by atoms with van der Waals surface area (Å²) in [7, 11) is 0. The fourth-order valence-electron chi connectivity index (χ4n) is 3.73. The molecule has 3 aromatic rings. The third kappa shape index (κ3) is 5.26. The SMILES string of the molecule is CC(=O)N1CCN(Cc2cc(Cl)cc(C(=O)Nc3nc4ccc(C(F)(F)F)cc4s3)c2O)CC1. The quantitative estimate of drug-likeness (QED) is 0.534. The third-order valence-electron chi connectivity index (χ3n) is 5.55. The number of alkyl halides is 3. The molecule has 1 aliphatic rings. The standard InChI is InChI=1S/C22H20ClF3N4O3S/c1-12(31)30-6-4-29(5-7-30)11-13-8-15(23)10-16(19(13)32)20(33)28-21-27-17-3-2-14(22(24,25)26)9-18(17)34-21/h2-3,8-10,32H,4-7,11H2,1H3,(H,27,28,33). The van der Waals surface area contributed by atoms with Crippen LogP contribution in [0.25, 0.3) is 10.2 Å². The first-order valence-corrected chi connectivity index (χ1v) is 11.5. The lowest BCUT2D eigenvalue weighted by Crippen LogP contribution is -2.47. The first kappa shape index (κ1) is 24.2. The molecule has 7 nitrogen and oxygen atoms in total. The van der Waals surface area contributed by atoms with Crippen molar-refractivity contribution in [1.82, 2.24) is 14.8 Å². The van der Waals surface area contributed by atoms with Crippen molar-refractivity contribution in [3.8, 4) is 5.75 Å². The monoisotopic (exact) mass is 512 g/mol. The summed E-state index contributed by atoms with van der Waals surface area (Å²) < 4.78 is 39.1. The molecule has 1 saturated heterocycles. The Bertz CT molecular complexity index is 1260. The van der Waals surface area contributed by atoms with E-state index in [2.05, 4.69) is 10.3 Å². The van der Waals surface area contributed by atoms with E-state index in [9.17, 15) is 27.9 Å². The van der Waals surface area contributed by atoms with E-state index in [1.807, 2.05) is 4.90 Å². The smallest absolute Gasteiger partial charge is 0.416 e. The molecule has 1 aliphatic heterocycles. The normalized spacial score (nSPS) is 15.0. The van der Waals surface area contributed by atoms with Gasteiger partial charge in [-0.2, -0.15) is 13.2 Å². The topological polar surface area (TPSA) is 85.8 Å². The van der Waals surface area contributed by atoms with Crippen LogP contribution in [0.4, 0.5) is 18.3 Å². The van der Waals surface area contributed by atoms with Crippen molar-refractivity contribution in [2.45, 2.75) is 19.6 Å². The number of fused-ring (bicyclic) bond motifs is 1. The van der Waals surface area contributed by atoms with Crippen LogP contribution in [0.15, 0.2) is 30.3 Å². The van der Waals surface area contributed by atoms with Gasteiger partial charge in [-0.3, -0.25) is 19.8 Å². The molecule has 4 rings (SSSR count). The first-order valence-electron chi connectivity index (χ1n) is 10.3. The van der Waals surface area contributed by atoms with E-state index in [1.165, 1.54) is 19.1 Å². The number of piperazine rings is 1.